The van der Waals surface area contributed by atoms with Gasteiger partial charge in [-0.1, -0.05) is 6.07 Å². The van der Waals surface area contributed by atoms with Crippen LogP contribution in [0.3, 0.4) is 0 Å². The molecule has 1 rings (SSSR count). The molecule has 1 aromatic carbocycles. The van der Waals surface area contributed by atoms with Crippen molar-refractivity contribution in [2.24, 2.45) is 4.99 Å². The van der Waals surface area contributed by atoms with E-state index in [1.165, 1.54) is 18.2 Å². The van der Waals surface area contributed by atoms with E-state index in [1.54, 1.807) is 11.8 Å². The van der Waals surface area contributed by atoms with Crippen LogP contribution in [0.5, 0.6) is 0 Å². The first-order valence-corrected chi connectivity index (χ1v) is 10.5. The van der Waals surface area contributed by atoms with E-state index < -0.39 is 14.9 Å². The average molecular weight is 390 g/mol. The van der Waals surface area contributed by atoms with E-state index in [0.717, 1.165) is 18.4 Å². The van der Waals surface area contributed by atoms with Gasteiger partial charge in [-0.05, 0) is 19.2 Å². The van der Waals surface area contributed by atoms with Crippen molar-refractivity contribution in [1.29, 1.82) is 0 Å². The molecule has 11 heteroatoms. The third kappa shape index (κ3) is 7.71. The fraction of sp³-hybridized carbons (Fsp3) is 0.500. The highest BCUT2D eigenvalue weighted by atomic mass is 32.2. The maximum Gasteiger partial charge on any atom is 0.270 e. The average Bonchev–Trinajstić information content (AvgIpc) is 2.59. The third-order valence-electron chi connectivity index (χ3n) is 2.96. The summed E-state index contributed by atoms with van der Waals surface area (Å²) in [5, 5.41) is 16.9. The maximum atomic E-state index is 12.2. The molecule has 0 aliphatic rings. The molecule has 0 amide bonds. The molecular weight excluding hydrogens is 366 g/mol. The molecule has 25 heavy (non-hydrogen) atoms. The van der Waals surface area contributed by atoms with Crippen LogP contribution in [0.1, 0.15) is 6.92 Å². The second kappa shape index (κ2) is 10.9. The van der Waals surface area contributed by atoms with Gasteiger partial charge in [0.2, 0.25) is 10.0 Å². The Labute approximate surface area is 151 Å². The molecule has 9 nitrogen and oxygen atoms in total. The molecule has 0 aliphatic heterocycles. The first kappa shape index (κ1) is 21.2. The van der Waals surface area contributed by atoms with E-state index in [-0.39, 0.29) is 23.7 Å². The number of thioether (sulfide) groups is 1. The lowest BCUT2D eigenvalue weighted by atomic mass is 10.3. The number of hydrogen-bond donors (Lipinski definition) is 3. The zero-order chi connectivity index (χ0) is 18.7. The molecule has 0 spiro atoms. The number of hydrogen-bond acceptors (Lipinski definition) is 6. The van der Waals surface area contributed by atoms with Crippen molar-refractivity contribution < 1.29 is 13.3 Å². The molecule has 0 heterocycles. The Morgan fingerprint density at radius 1 is 1.32 bits per heavy atom. The molecule has 140 valence electrons. The fourth-order valence-corrected chi connectivity index (χ4v) is 3.18. The molecular formula is C14H23N5O4S2. The Kier molecular flexibility index (Phi) is 9.24. The number of nitro groups is 1. The monoisotopic (exact) mass is 389 g/mol. The number of rotatable bonds is 10. The molecule has 0 unspecified atom stereocenters. The number of sulfonamides is 1. The summed E-state index contributed by atoms with van der Waals surface area (Å²) in [6, 6.07) is 4.92. The summed E-state index contributed by atoms with van der Waals surface area (Å²) in [6.07, 6.45) is 2.01. The minimum Gasteiger partial charge on any atom is -0.357 e. The SMILES string of the molecule is CCNC(=NCCNS(=O)(=O)c1cccc([N+](=O)[O-])c1)NCCSC. The lowest BCUT2D eigenvalue weighted by Crippen LogP contribution is -2.39. The van der Waals surface area contributed by atoms with Crippen LogP contribution < -0.4 is 15.4 Å². The van der Waals surface area contributed by atoms with Crippen LogP contribution >= 0.6 is 11.8 Å². The molecule has 0 fully saturated rings. The van der Waals surface area contributed by atoms with Gasteiger partial charge in [0, 0.05) is 37.5 Å². The Morgan fingerprint density at radius 2 is 2.08 bits per heavy atom. The van der Waals surface area contributed by atoms with Gasteiger partial charge in [-0.25, -0.2) is 13.1 Å². The lowest BCUT2D eigenvalue weighted by Gasteiger charge is -2.11. The van der Waals surface area contributed by atoms with E-state index >= 15 is 0 Å². The summed E-state index contributed by atoms with van der Waals surface area (Å²) in [5.41, 5.74) is -0.270. The number of guanidine groups is 1. The molecule has 0 saturated heterocycles. The van der Waals surface area contributed by atoms with Crippen LogP contribution in [0.25, 0.3) is 0 Å². The highest BCUT2D eigenvalue weighted by molar-refractivity contribution is 7.98. The number of non-ortho nitro benzene ring substituents is 1. The normalized spacial score (nSPS) is 12.0. The highest BCUT2D eigenvalue weighted by Crippen LogP contribution is 2.16. The predicted molar refractivity (Wildman–Crippen MR) is 101 cm³/mol. The Morgan fingerprint density at radius 3 is 2.72 bits per heavy atom. The van der Waals surface area contributed by atoms with E-state index in [1.807, 2.05) is 13.2 Å². The summed E-state index contributed by atoms with van der Waals surface area (Å²) in [4.78, 5) is 14.2. The maximum absolute atomic E-state index is 12.2. The van der Waals surface area contributed by atoms with Gasteiger partial charge in [-0.3, -0.25) is 15.1 Å². The predicted octanol–water partition coefficient (Wildman–Crippen LogP) is 0.791. The minimum absolute atomic E-state index is 0.0874. The second-order valence-corrected chi connectivity index (χ2v) is 7.59. The summed E-state index contributed by atoms with van der Waals surface area (Å²) in [6.45, 7) is 3.72. The van der Waals surface area contributed by atoms with Gasteiger partial charge in [0.05, 0.1) is 16.4 Å². The van der Waals surface area contributed by atoms with Gasteiger partial charge in [0.1, 0.15) is 0 Å². The topological polar surface area (TPSA) is 126 Å². The number of benzene rings is 1. The van der Waals surface area contributed by atoms with Crippen LogP contribution in [0, 0.1) is 10.1 Å². The zero-order valence-corrected chi connectivity index (χ0v) is 15.8. The van der Waals surface area contributed by atoms with Crippen molar-refractivity contribution in [2.75, 3.05) is 38.2 Å². The first-order chi connectivity index (χ1) is 11.9. The van der Waals surface area contributed by atoms with Crippen molar-refractivity contribution >= 4 is 33.4 Å². The highest BCUT2D eigenvalue weighted by Gasteiger charge is 2.16. The second-order valence-electron chi connectivity index (χ2n) is 4.83. The summed E-state index contributed by atoms with van der Waals surface area (Å²) < 4.78 is 26.7. The standard InChI is InChI=1S/C14H23N5O4S2/c1-3-15-14(17-9-10-24-2)16-7-8-18-25(22,23)13-6-4-5-12(11-13)19(20)21/h4-6,11,18H,3,7-10H2,1-2H3,(H2,15,16,17). The Hall–Kier alpha value is -1.85. The minimum atomic E-state index is -3.82. The summed E-state index contributed by atoms with van der Waals surface area (Å²) in [7, 11) is -3.82. The quantitative estimate of drug-likeness (QED) is 0.178. The number of nitrogens with one attached hydrogen (secondary N) is 3. The van der Waals surface area contributed by atoms with Crippen LogP contribution in [0.2, 0.25) is 0 Å². The van der Waals surface area contributed by atoms with Crippen molar-refractivity contribution in [2.45, 2.75) is 11.8 Å². The van der Waals surface area contributed by atoms with E-state index in [9.17, 15) is 18.5 Å². The van der Waals surface area contributed by atoms with E-state index in [0.29, 0.717) is 12.5 Å². The summed E-state index contributed by atoms with van der Waals surface area (Å²) in [5.74, 6) is 1.55. The van der Waals surface area contributed by atoms with Crippen LogP contribution in [0.4, 0.5) is 5.69 Å². The van der Waals surface area contributed by atoms with Gasteiger partial charge in [0.15, 0.2) is 5.96 Å². The van der Waals surface area contributed by atoms with Gasteiger partial charge >= 0.3 is 0 Å². The molecule has 0 atom stereocenters. The molecule has 0 bridgehead atoms. The fourth-order valence-electron chi connectivity index (χ4n) is 1.81. The van der Waals surface area contributed by atoms with Gasteiger partial charge in [-0.2, -0.15) is 11.8 Å². The smallest absolute Gasteiger partial charge is 0.270 e. The van der Waals surface area contributed by atoms with Gasteiger partial charge in [-0.15, -0.1) is 0 Å². The number of nitrogens with zero attached hydrogens (tertiary/aromatic N) is 2. The van der Waals surface area contributed by atoms with E-state index in [4.69, 9.17) is 0 Å². The van der Waals surface area contributed by atoms with E-state index in [2.05, 4.69) is 20.3 Å². The van der Waals surface area contributed by atoms with Crippen molar-refractivity contribution in [3.05, 3.63) is 34.4 Å². The Balaban J connectivity index is 2.61. The van der Waals surface area contributed by atoms with Crippen molar-refractivity contribution in [3.8, 4) is 0 Å². The van der Waals surface area contributed by atoms with Crippen LogP contribution in [-0.4, -0.2) is 57.5 Å². The zero-order valence-electron chi connectivity index (χ0n) is 14.2. The summed E-state index contributed by atoms with van der Waals surface area (Å²) >= 11 is 1.71. The number of nitro benzene ring substituents is 1. The van der Waals surface area contributed by atoms with Gasteiger partial charge in [0.25, 0.3) is 5.69 Å². The van der Waals surface area contributed by atoms with Crippen molar-refractivity contribution in [1.82, 2.24) is 15.4 Å². The molecule has 3 N–H and O–H groups in total. The molecule has 1 aromatic rings. The molecule has 0 saturated carbocycles. The lowest BCUT2D eigenvalue weighted by molar-refractivity contribution is -0.385. The van der Waals surface area contributed by atoms with Gasteiger partial charge < -0.3 is 10.6 Å². The van der Waals surface area contributed by atoms with Crippen molar-refractivity contribution in [3.63, 3.8) is 0 Å². The van der Waals surface area contributed by atoms with Crippen LogP contribution in [-0.2, 0) is 10.0 Å². The third-order valence-corrected chi connectivity index (χ3v) is 5.03. The Bertz CT molecular complexity index is 694. The molecule has 0 aliphatic carbocycles. The van der Waals surface area contributed by atoms with Crippen LogP contribution in [0.15, 0.2) is 34.2 Å². The number of aliphatic imine (C=N–C) groups is 1. The molecule has 0 aromatic heterocycles. The first-order valence-electron chi connectivity index (χ1n) is 7.66. The largest absolute Gasteiger partial charge is 0.357 e. The molecule has 0 radical (unpaired) electrons.